The van der Waals surface area contributed by atoms with Crippen molar-refractivity contribution in [2.24, 2.45) is 5.41 Å². The van der Waals surface area contributed by atoms with Crippen molar-refractivity contribution in [3.05, 3.63) is 29.8 Å². The van der Waals surface area contributed by atoms with Crippen LogP contribution >= 0.6 is 11.8 Å². The Morgan fingerprint density at radius 2 is 1.78 bits per heavy atom. The number of nitrogens with one attached hydrogen (secondary N) is 2. The third-order valence-corrected chi connectivity index (χ3v) is 4.74. The van der Waals surface area contributed by atoms with E-state index in [4.69, 9.17) is 16.9 Å². The Morgan fingerprint density at radius 1 is 1.13 bits per heavy atom. The average Bonchev–Trinajstić information content (AvgIpc) is 2.95. The number of aliphatic carboxylic acids is 1. The van der Waals surface area contributed by atoms with Crippen molar-refractivity contribution < 1.29 is 14.7 Å². The van der Waals surface area contributed by atoms with Crippen molar-refractivity contribution in [3.8, 4) is 0 Å². The zero-order valence-corrected chi connectivity index (χ0v) is 13.9. The standard InChI is InChI=1S/C17H23ClN2O3/c18-20-14-5-3-13(4-6-14)7-10-19-15(21)11-17(12-16(22)23)8-1-2-9-17/h3-6,20H,1-2,7-12H2,(H,19,21)(H,22,23). The summed E-state index contributed by atoms with van der Waals surface area (Å²) in [6, 6.07) is 7.68. The van der Waals surface area contributed by atoms with Crippen LogP contribution in [0.1, 0.15) is 44.1 Å². The summed E-state index contributed by atoms with van der Waals surface area (Å²) < 4.78 is 0. The highest BCUT2D eigenvalue weighted by Crippen LogP contribution is 2.43. The van der Waals surface area contributed by atoms with E-state index in [0.717, 1.165) is 43.4 Å². The Labute approximate surface area is 141 Å². The van der Waals surface area contributed by atoms with Crippen LogP contribution in [0.25, 0.3) is 0 Å². The lowest BCUT2D eigenvalue weighted by Gasteiger charge is -2.26. The quantitative estimate of drug-likeness (QED) is 0.635. The molecule has 0 spiro atoms. The van der Waals surface area contributed by atoms with Crippen molar-refractivity contribution in [2.75, 3.05) is 11.4 Å². The third-order valence-electron chi connectivity index (χ3n) is 4.52. The van der Waals surface area contributed by atoms with Gasteiger partial charge in [-0.2, -0.15) is 0 Å². The van der Waals surface area contributed by atoms with Gasteiger partial charge < -0.3 is 10.4 Å². The van der Waals surface area contributed by atoms with Crippen molar-refractivity contribution in [2.45, 2.75) is 44.9 Å². The topological polar surface area (TPSA) is 78.4 Å². The number of carbonyl (C=O) groups excluding carboxylic acids is 1. The molecule has 0 aliphatic heterocycles. The minimum atomic E-state index is -0.812. The largest absolute Gasteiger partial charge is 0.481 e. The lowest BCUT2D eigenvalue weighted by molar-refractivity contribution is -0.140. The number of hydrogen-bond acceptors (Lipinski definition) is 3. The van der Waals surface area contributed by atoms with Crippen molar-refractivity contribution in [1.29, 1.82) is 0 Å². The van der Waals surface area contributed by atoms with Crippen LogP contribution in [0.5, 0.6) is 0 Å². The molecule has 3 N–H and O–H groups in total. The summed E-state index contributed by atoms with van der Waals surface area (Å²) in [6.45, 7) is 0.551. The molecule has 0 radical (unpaired) electrons. The molecule has 0 aromatic heterocycles. The first-order chi connectivity index (χ1) is 11.0. The molecule has 1 aliphatic carbocycles. The highest BCUT2D eigenvalue weighted by Gasteiger charge is 2.37. The van der Waals surface area contributed by atoms with Gasteiger partial charge in [-0.3, -0.25) is 14.4 Å². The van der Waals surface area contributed by atoms with E-state index in [0.29, 0.717) is 13.0 Å². The summed E-state index contributed by atoms with van der Waals surface area (Å²) in [5.74, 6) is -0.861. The predicted molar refractivity (Wildman–Crippen MR) is 90.4 cm³/mol. The second kappa shape index (κ2) is 8.20. The van der Waals surface area contributed by atoms with Gasteiger partial charge in [0.2, 0.25) is 5.91 Å². The summed E-state index contributed by atoms with van der Waals surface area (Å²) in [5, 5.41) is 12.0. The van der Waals surface area contributed by atoms with Crippen molar-refractivity contribution in [3.63, 3.8) is 0 Å². The number of anilines is 1. The molecule has 0 bridgehead atoms. The molecule has 1 saturated carbocycles. The molecule has 0 heterocycles. The summed E-state index contributed by atoms with van der Waals surface area (Å²) in [5.41, 5.74) is 1.60. The number of carboxylic acids is 1. The number of carboxylic acid groups (broad SMARTS) is 1. The maximum absolute atomic E-state index is 12.1. The fraction of sp³-hybridized carbons (Fsp3) is 0.529. The molecule has 23 heavy (non-hydrogen) atoms. The maximum Gasteiger partial charge on any atom is 0.303 e. The van der Waals surface area contributed by atoms with Crippen LogP contribution in [0.3, 0.4) is 0 Å². The number of amides is 1. The fourth-order valence-electron chi connectivity index (χ4n) is 3.35. The van der Waals surface area contributed by atoms with Crippen LogP contribution in [0.4, 0.5) is 5.69 Å². The smallest absolute Gasteiger partial charge is 0.303 e. The third kappa shape index (κ3) is 5.43. The Kier molecular flexibility index (Phi) is 6.28. The Balaban J connectivity index is 1.78. The second-order valence-corrected chi connectivity index (χ2v) is 6.53. The van der Waals surface area contributed by atoms with Crippen LogP contribution < -0.4 is 10.2 Å². The number of rotatable bonds is 8. The SMILES string of the molecule is O=C(O)CC1(CC(=O)NCCc2ccc(NCl)cc2)CCCC1. The zero-order chi connectivity index (χ0) is 16.7. The van der Waals surface area contributed by atoms with Crippen LogP contribution in [0, 0.1) is 5.41 Å². The van der Waals surface area contributed by atoms with Crippen LogP contribution in [-0.2, 0) is 16.0 Å². The normalized spacial score (nSPS) is 16.0. The van der Waals surface area contributed by atoms with Gasteiger partial charge in [0.15, 0.2) is 0 Å². The zero-order valence-electron chi connectivity index (χ0n) is 13.1. The summed E-state index contributed by atoms with van der Waals surface area (Å²) in [4.78, 5) is 25.7. The average molecular weight is 339 g/mol. The number of hydrogen-bond donors (Lipinski definition) is 3. The molecule has 5 nitrogen and oxygen atoms in total. The number of carbonyl (C=O) groups is 2. The lowest BCUT2D eigenvalue weighted by atomic mass is 9.79. The first-order valence-corrected chi connectivity index (χ1v) is 8.35. The molecule has 1 aromatic rings. The molecule has 2 rings (SSSR count). The minimum Gasteiger partial charge on any atom is -0.481 e. The summed E-state index contributed by atoms with van der Waals surface area (Å²) >= 11 is 5.51. The molecule has 1 fully saturated rings. The number of halogens is 1. The van der Waals surface area contributed by atoms with E-state index in [1.54, 1.807) is 0 Å². The summed E-state index contributed by atoms with van der Waals surface area (Å²) in [7, 11) is 0. The van der Waals surface area contributed by atoms with Gasteiger partial charge in [0.1, 0.15) is 0 Å². The first-order valence-electron chi connectivity index (χ1n) is 7.97. The Hall–Kier alpha value is -1.75. The van der Waals surface area contributed by atoms with Gasteiger partial charge in [-0.05, 0) is 42.4 Å². The highest BCUT2D eigenvalue weighted by atomic mass is 35.5. The number of benzene rings is 1. The molecular weight excluding hydrogens is 316 g/mol. The molecule has 6 heteroatoms. The monoisotopic (exact) mass is 338 g/mol. The van der Waals surface area contributed by atoms with E-state index in [1.807, 2.05) is 24.3 Å². The van der Waals surface area contributed by atoms with Crippen LogP contribution in [-0.4, -0.2) is 23.5 Å². The molecule has 0 atom stereocenters. The second-order valence-electron chi connectivity index (χ2n) is 6.35. The van der Waals surface area contributed by atoms with Gasteiger partial charge in [0.05, 0.1) is 6.42 Å². The van der Waals surface area contributed by atoms with Gasteiger partial charge in [-0.25, -0.2) is 0 Å². The Bertz CT molecular complexity index is 539. The molecule has 0 saturated heterocycles. The van der Waals surface area contributed by atoms with Gasteiger partial charge in [-0.1, -0.05) is 25.0 Å². The first kappa shape index (κ1) is 17.6. The minimum absolute atomic E-state index is 0.0489. The maximum atomic E-state index is 12.1. The van der Waals surface area contributed by atoms with E-state index in [9.17, 15) is 9.59 Å². The van der Waals surface area contributed by atoms with Crippen molar-refractivity contribution in [1.82, 2.24) is 5.32 Å². The van der Waals surface area contributed by atoms with Gasteiger partial charge in [0.25, 0.3) is 0 Å². The molecular formula is C17H23ClN2O3. The molecule has 1 aromatic carbocycles. The molecule has 0 unspecified atom stereocenters. The van der Waals surface area contributed by atoms with Crippen LogP contribution in [0.15, 0.2) is 24.3 Å². The Morgan fingerprint density at radius 3 is 2.35 bits per heavy atom. The van der Waals surface area contributed by atoms with Gasteiger partial charge >= 0.3 is 5.97 Å². The van der Waals surface area contributed by atoms with Gasteiger partial charge in [0, 0.05) is 30.4 Å². The molecule has 1 aliphatic rings. The van der Waals surface area contributed by atoms with Gasteiger partial charge in [-0.15, -0.1) is 0 Å². The van der Waals surface area contributed by atoms with Crippen LogP contribution in [0.2, 0.25) is 0 Å². The van der Waals surface area contributed by atoms with E-state index in [2.05, 4.69) is 10.2 Å². The summed E-state index contributed by atoms with van der Waals surface area (Å²) in [6.07, 6.45) is 4.84. The van der Waals surface area contributed by atoms with E-state index >= 15 is 0 Å². The molecule has 126 valence electrons. The van der Waals surface area contributed by atoms with Crippen molar-refractivity contribution >= 4 is 29.3 Å². The van der Waals surface area contributed by atoms with E-state index in [-0.39, 0.29) is 17.7 Å². The highest BCUT2D eigenvalue weighted by molar-refractivity contribution is 6.23. The fourth-order valence-corrected chi connectivity index (χ4v) is 3.47. The molecule has 1 amide bonds. The van der Waals surface area contributed by atoms with E-state index in [1.165, 1.54) is 0 Å². The predicted octanol–water partition coefficient (Wildman–Crippen LogP) is 3.34. The lowest BCUT2D eigenvalue weighted by Crippen LogP contribution is -2.33. The van der Waals surface area contributed by atoms with E-state index < -0.39 is 5.97 Å².